The molecule has 1 aliphatic heterocycles. The van der Waals surface area contributed by atoms with E-state index in [1.807, 2.05) is 39.0 Å². The lowest BCUT2D eigenvalue weighted by Crippen LogP contribution is -2.58. The molecule has 2 unspecified atom stereocenters. The molecule has 1 N–H and O–H groups in total. The Balaban J connectivity index is 2.30. The Morgan fingerprint density at radius 2 is 1.89 bits per heavy atom. The van der Waals surface area contributed by atoms with Crippen molar-refractivity contribution in [2.24, 2.45) is 0 Å². The molecule has 2 rings (SSSR count). The molecule has 0 saturated carbocycles. The van der Waals surface area contributed by atoms with E-state index in [9.17, 15) is 9.90 Å². The fraction of sp³-hybridized carbons (Fsp3) is 0.533. The number of nitrogens with zero attached hydrogens (tertiary/aromatic N) is 1. The van der Waals surface area contributed by atoms with Gasteiger partial charge in [-0.15, -0.1) is 0 Å². The smallest absolute Gasteiger partial charge is 0.137 e. The van der Waals surface area contributed by atoms with Crippen LogP contribution in [-0.4, -0.2) is 35.7 Å². The molecule has 104 valence electrons. The number of rotatable bonds is 2. The van der Waals surface area contributed by atoms with Crippen LogP contribution in [0.1, 0.15) is 32.3 Å². The first-order valence-corrected chi connectivity index (χ1v) is 6.67. The second kappa shape index (κ2) is 5.21. The van der Waals surface area contributed by atoms with E-state index in [1.165, 1.54) is 10.5 Å². The molecule has 1 amide bonds. The highest BCUT2D eigenvalue weighted by Gasteiger charge is 2.37. The molecule has 1 aromatic carbocycles. The molecule has 0 radical (unpaired) electrons. The minimum atomic E-state index is -1.10. The Hall–Kier alpha value is -1.55. The van der Waals surface area contributed by atoms with E-state index in [-0.39, 0.29) is 12.0 Å². The van der Waals surface area contributed by atoms with E-state index in [2.05, 4.69) is 17.4 Å². The minimum Gasteiger partial charge on any atom is -0.530 e. The third-order valence-electron chi connectivity index (χ3n) is 3.66. The summed E-state index contributed by atoms with van der Waals surface area (Å²) in [5.41, 5.74) is 0.718. The van der Waals surface area contributed by atoms with Crippen LogP contribution in [0.15, 0.2) is 30.3 Å². The molecule has 1 heterocycles. The molecule has 19 heavy (non-hydrogen) atoms. The molecule has 4 heteroatoms. The number of amides is 1. The number of carboxylic acid groups (broad SMARTS) is 1. The summed E-state index contributed by atoms with van der Waals surface area (Å²) in [6.45, 7) is 7.19. The summed E-state index contributed by atoms with van der Waals surface area (Å²) in [5, 5.41) is 14.8. The Morgan fingerprint density at radius 1 is 1.26 bits per heavy atom. The summed E-state index contributed by atoms with van der Waals surface area (Å²) in [7, 11) is 0. The highest BCUT2D eigenvalue weighted by atomic mass is 16.4. The van der Waals surface area contributed by atoms with Gasteiger partial charge in [0.2, 0.25) is 0 Å². The van der Waals surface area contributed by atoms with Gasteiger partial charge in [-0.3, -0.25) is 0 Å². The first-order valence-electron chi connectivity index (χ1n) is 6.67. The van der Waals surface area contributed by atoms with Crippen LogP contribution >= 0.6 is 0 Å². The zero-order valence-electron chi connectivity index (χ0n) is 11.7. The molecule has 0 aliphatic carbocycles. The number of hydrogen-bond acceptors (Lipinski definition) is 3. The van der Waals surface area contributed by atoms with Crippen LogP contribution in [0.4, 0.5) is 4.79 Å². The Labute approximate surface area is 114 Å². The molecule has 0 aromatic heterocycles. The van der Waals surface area contributed by atoms with Crippen molar-refractivity contribution in [1.29, 1.82) is 0 Å². The highest BCUT2D eigenvalue weighted by molar-refractivity contribution is 5.64. The van der Waals surface area contributed by atoms with Gasteiger partial charge < -0.3 is 20.1 Å². The first kappa shape index (κ1) is 13.9. The molecular weight excluding hydrogens is 240 g/mol. The van der Waals surface area contributed by atoms with Gasteiger partial charge in [0, 0.05) is 24.5 Å². The lowest BCUT2D eigenvalue weighted by Gasteiger charge is -2.44. The van der Waals surface area contributed by atoms with Gasteiger partial charge in [-0.2, -0.15) is 0 Å². The molecule has 1 fully saturated rings. The molecule has 0 spiro atoms. The summed E-state index contributed by atoms with van der Waals surface area (Å²) in [5.74, 6) is 0.179. The average molecular weight is 261 g/mol. The van der Waals surface area contributed by atoms with Crippen LogP contribution in [0.5, 0.6) is 0 Å². The maximum Gasteiger partial charge on any atom is 0.137 e. The second-order valence-electron chi connectivity index (χ2n) is 6.05. The van der Waals surface area contributed by atoms with Gasteiger partial charge >= 0.3 is 0 Å². The number of nitrogens with one attached hydrogen (secondary N) is 1. The van der Waals surface area contributed by atoms with Gasteiger partial charge in [-0.25, -0.2) is 0 Å². The molecule has 1 aliphatic rings. The van der Waals surface area contributed by atoms with Gasteiger partial charge in [-0.1, -0.05) is 30.3 Å². The number of carbonyl (C=O) groups is 1. The second-order valence-corrected chi connectivity index (χ2v) is 6.05. The zero-order valence-corrected chi connectivity index (χ0v) is 11.7. The fourth-order valence-corrected chi connectivity index (χ4v) is 2.88. The predicted molar refractivity (Wildman–Crippen MR) is 72.8 cm³/mol. The third-order valence-corrected chi connectivity index (χ3v) is 3.66. The van der Waals surface area contributed by atoms with E-state index in [1.54, 1.807) is 0 Å². The summed E-state index contributed by atoms with van der Waals surface area (Å²) >= 11 is 0. The van der Waals surface area contributed by atoms with Crippen molar-refractivity contribution >= 4 is 6.09 Å². The van der Waals surface area contributed by atoms with Crippen LogP contribution in [0.2, 0.25) is 0 Å². The largest absolute Gasteiger partial charge is 0.530 e. The van der Waals surface area contributed by atoms with Crippen molar-refractivity contribution in [2.45, 2.75) is 38.3 Å². The number of benzene rings is 1. The zero-order chi connectivity index (χ0) is 14.0. The molecule has 2 atom stereocenters. The number of hydrogen-bond donors (Lipinski definition) is 1. The van der Waals surface area contributed by atoms with Crippen molar-refractivity contribution in [1.82, 2.24) is 10.2 Å². The normalized spacial score (nSPS) is 23.3. The molecule has 1 saturated heterocycles. The molecule has 0 bridgehead atoms. The molecular formula is C15H21N2O2-. The summed E-state index contributed by atoms with van der Waals surface area (Å²) < 4.78 is 0. The fourth-order valence-electron chi connectivity index (χ4n) is 2.88. The quantitative estimate of drug-likeness (QED) is 0.870. The van der Waals surface area contributed by atoms with Gasteiger partial charge in [0.05, 0.1) is 6.04 Å². The van der Waals surface area contributed by atoms with Gasteiger partial charge in [0.25, 0.3) is 0 Å². The van der Waals surface area contributed by atoms with E-state index in [0.29, 0.717) is 6.54 Å². The molecule has 1 aromatic rings. The topological polar surface area (TPSA) is 55.4 Å². The number of carbonyl (C=O) groups excluding carboxylic acids is 1. The van der Waals surface area contributed by atoms with Gasteiger partial charge in [0.15, 0.2) is 0 Å². The third kappa shape index (κ3) is 2.89. The summed E-state index contributed by atoms with van der Waals surface area (Å²) in [6.07, 6.45) is -1.10. The van der Waals surface area contributed by atoms with Crippen molar-refractivity contribution in [3.63, 3.8) is 0 Å². The average Bonchev–Trinajstić information content (AvgIpc) is 2.76. The lowest BCUT2D eigenvalue weighted by molar-refractivity contribution is -0.273. The van der Waals surface area contributed by atoms with Gasteiger partial charge in [0.1, 0.15) is 6.09 Å². The standard InChI is InChI=1S/C15H22N2O2/c1-15(2,3)17(14(18)19)13-10-16-9-12(13)11-7-5-4-6-8-11/h4-8,12-13,16H,9-10H2,1-3H3,(H,18,19)/p-1. The van der Waals surface area contributed by atoms with E-state index in [0.717, 1.165) is 6.54 Å². The van der Waals surface area contributed by atoms with Crippen LogP contribution in [0.25, 0.3) is 0 Å². The van der Waals surface area contributed by atoms with Gasteiger partial charge in [-0.05, 0) is 26.3 Å². The van der Waals surface area contributed by atoms with Crippen molar-refractivity contribution in [3.05, 3.63) is 35.9 Å². The van der Waals surface area contributed by atoms with E-state index in [4.69, 9.17) is 0 Å². The van der Waals surface area contributed by atoms with Crippen LogP contribution in [-0.2, 0) is 0 Å². The molecule has 4 nitrogen and oxygen atoms in total. The maximum atomic E-state index is 11.5. The minimum absolute atomic E-state index is 0.0765. The van der Waals surface area contributed by atoms with E-state index < -0.39 is 11.6 Å². The van der Waals surface area contributed by atoms with Crippen molar-refractivity contribution < 1.29 is 9.90 Å². The Kier molecular flexibility index (Phi) is 3.80. The van der Waals surface area contributed by atoms with Crippen molar-refractivity contribution in [2.75, 3.05) is 13.1 Å². The van der Waals surface area contributed by atoms with E-state index >= 15 is 0 Å². The lowest BCUT2D eigenvalue weighted by atomic mass is 9.90. The summed E-state index contributed by atoms with van der Waals surface area (Å²) in [4.78, 5) is 13.0. The monoisotopic (exact) mass is 261 g/mol. The van der Waals surface area contributed by atoms with Crippen LogP contribution in [0, 0.1) is 0 Å². The first-order chi connectivity index (χ1) is 8.91. The Bertz CT molecular complexity index is 439. The highest BCUT2D eigenvalue weighted by Crippen LogP contribution is 2.30. The predicted octanol–water partition coefficient (Wildman–Crippen LogP) is 1.19. The van der Waals surface area contributed by atoms with Crippen LogP contribution < -0.4 is 10.4 Å². The SMILES string of the molecule is CC(C)(C)N(C(=O)[O-])C1CNCC1c1ccccc1. The maximum absolute atomic E-state index is 11.5. The van der Waals surface area contributed by atoms with Crippen molar-refractivity contribution in [3.8, 4) is 0 Å². The summed E-state index contributed by atoms with van der Waals surface area (Å²) in [6, 6.07) is 9.99. The Morgan fingerprint density at radius 3 is 2.42 bits per heavy atom. The van der Waals surface area contributed by atoms with Crippen LogP contribution in [0.3, 0.4) is 0 Å².